The first kappa shape index (κ1) is 20.0. The molecule has 0 unspecified atom stereocenters. The highest BCUT2D eigenvalue weighted by atomic mass is 35.5. The van der Waals surface area contributed by atoms with E-state index in [9.17, 15) is 14.0 Å². The average molecular weight is 421 g/mol. The van der Waals surface area contributed by atoms with Crippen molar-refractivity contribution in [1.82, 2.24) is 9.97 Å². The lowest BCUT2D eigenvalue weighted by molar-refractivity contribution is 0.0724. The molecule has 28 heavy (non-hydrogen) atoms. The summed E-state index contributed by atoms with van der Waals surface area (Å²) in [6, 6.07) is 6.82. The molecule has 6 nitrogen and oxygen atoms in total. The zero-order valence-electron chi connectivity index (χ0n) is 14.9. The Labute approximate surface area is 168 Å². The summed E-state index contributed by atoms with van der Waals surface area (Å²) in [6.45, 7) is 3.73. The molecule has 0 N–H and O–H groups in total. The number of carbonyl (C=O) groups excluding carboxylic acids is 1. The van der Waals surface area contributed by atoms with Crippen molar-refractivity contribution >= 4 is 29.3 Å². The van der Waals surface area contributed by atoms with Crippen molar-refractivity contribution in [2.75, 3.05) is 0 Å². The second-order valence-electron chi connectivity index (χ2n) is 5.78. The van der Waals surface area contributed by atoms with Gasteiger partial charge in [0, 0.05) is 17.5 Å². The minimum absolute atomic E-state index is 0.115. The number of rotatable bonds is 5. The van der Waals surface area contributed by atoms with Crippen LogP contribution in [0.3, 0.4) is 0 Å². The fourth-order valence-electron chi connectivity index (χ4n) is 2.33. The standard InChI is InChI=1S/C19H14ClFN2O4S/c1-10-6-11(2)23-19(22-10)28-9-12-7-15(24)16(8-26-12)27-18(25)17-13(20)4-3-5-14(17)21/h3-8H,9H2,1-2H3. The van der Waals surface area contributed by atoms with Gasteiger partial charge in [0.25, 0.3) is 0 Å². The van der Waals surface area contributed by atoms with Gasteiger partial charge >= 0.3 is 5.97 Å². The van der Waals surface area contributed by atoms with Gasteiger partial charge in [-0.25, -0.2) is 19.2 Å². The van der Waals surface area contributed by atoms with Gasteiger partial charge in [0.05, 0.1) is 10.8 Å². The first-order chi connectivity index (χ1) is 13.3. The fourth-order valence-corrected chi connectivity index (χ4v) is 3.41. The summed E-state index contributed by atoms with van der Waals surface area (Å²) in [5.74, 6) is -1.63. The van der Waals surface area contributed by atoms with E-state index in [-0.39, 0.29) is 10.8 Å². The minimum Gasteiger partial charge on any atom is -0.464 e. The first-order valence-electron chi connectivity index (χ1n) is 8.06. The van der Waals surface area contributed by atoms with Gasteiger partial charge in [-0.15, -0.1) is 0 Å². The van der Waals surface area contributed by atoms with Crippen LogP contribution in [0.15, 0.2) is 51.0 Å². The van der Waals surface area contributed by atoms with Crippen molar-refractivity contribution in [3.8, 4) is 5.75 Å². The van der Waals surface area contributed by atoms with Crippen molar-refractivity contribution < 1.29 is 18.3 Å². The summed E-state index contributed by atoms with van der Waals surface area (Å²) in [5, 5.41) is 0.445. The van der Waals surface area contributed by atoms with E-state index in [1.165, 1.54) is 30.0 Å². The van der Waals surface area contributed by atoms with Gasteiger partial charge in [0.15, 0.2) is 5.16 Å². The number of carbonyl (C=O) groups is 1. The van der Waals surface area contributed by atoms with Crippen LogP contribution in [0.5, 0.6) is 5.75 Å². The van der Waals surface area contributed by atoms with Gasteiger partial charge in [0.2, 0.25) is 11.2 Å². The molecule has 0 atom stereocenters. The van der Waals surface area contributed by atoms with E-state index in [0.29, 0.717) is 16.7 Å². The van der Waals surface area contributed by atoms with Crippen molar-refractivity contribution in [3.63, 3.8) is 0 Å². The Morgan fingerprint density at radius 3 is 2.61 bits per heavy atom. The second kappa shape index (κ2) is 8.53. The molecule has 0 saturated carbocycles. The van der Waals surface area contributed by atoms with E-state index in [4.69, 9.17) is 20.8 Å². The molecule has 9 heteroatoms. The van der Waals surface area contributed by atoms with E-state index in [0.717, 1.165) is 23.7 Å². The molecule has 3 rings (SSSR count). The summed E-state index contributed by atoms with van der Waals surface area (Å²) < 4.78 is 24.1. The molecule has 0 amide bonds. The highest BCUT2D eigenvalue weighted by molar-refractivity contribution is 7.98. The maximum absolute atomic E-state index is 13.8. The normalized spacial score (nSPS) is 10.7. The van der Waals surface area contributed by atoms with E-state index >= 15 is 0 Å². The lowest BCUT2D eigenvalue weighted by atomic mass is 10.2. The van der Waals surface area contributed by atoms with Crippen LogP contribution in [-0.2, 0) is 5.75 Å². The molecule has 0 bridgehead atoms. The van der Waals surface area contributed by atoms with Gasteiger partial charge < -0.3 is 9.15 Å². The smallest absolute Gasteiger partial charge is 0.348 e. The molecule has 0 fully saturated rings. The van der Waals surface area contributed by atoms with Crippen LogP contribution in [0.25, 0.3) is 0 Å². The van der Waals surface area contributed by atoms with Crippen molar-refractivity contribution in [3.05, 3.63) is 80.4 Å². The molecular formula is C19H14ClFN2O4S. The predicted octanol–water partition coefficient (Wildman–Crippen LogP) is 4.35. The van der Waals surface area contributed by atoms with Gasteiger partial charge in [-0.3, -0.25) is 4.79 Å². The Bertz CT molecular complexity index is 1060. The molecule has 0 radical (unpaired) electrons. The van der Waals surface area contributed by atoms with E-state index in [1.807, 2.05) is 19.9 Å². The van der Waals surface area contributed by atoms with Crippen molar-refractivity contribution in [1.29, 1.82) is 0 Å². The maximum Gasteiger partial charge on any atom is 0.348 e. The third-order valence-corrected chi connectivity index (χ3v) is 4.71. The monoisotopic (exact) mass is 420 g/mol. The van der Waals surface area contributed by atoms with Crippen LogP contribution in [0.4, 0.5) is 4.39 Å². The molecule has 3 aromatic rings. The lowest BCUT2D eigenvalue weighted by Crippen LogP contribution is -2.16. The molecular weight excluding hydrogens is 407 g/mol. The number of hydrogen-bond acceptors (Lipinski definition) is 7. The summed E-state index contributed by atoms with van der Waals surface area (Å²) >= 11 is 7.12. The van der Waals surface area contributed by atoms with E-state index < -0.39 is 22.8 Å². The Kier molecular flexibility index (Phi) is 6.11. The van der Waals surface area contributed by atoms with Gasteiger partial charge in [-0.05, 0) is 32.0 Å². The van der Waals surface area contributed by atoms with Crippen LogP contribution < -0.4 is 10.2 Å². The molecule has 0 aliphatic rings. The van der Waals surface area contributed by atoms with E-state index in [1.54, 1.807) is 0 Å². The van der Waals surface area contributed by atoms with Crippen LogP contribution in [0, 0.1) is 19.7 Å². The summed E-state index contributed by atoms with van der Waals surface area (Å²) in [6.07, 6.45) is 1.01. The summed E-state index contributed by atoms with van der Waals surface area (Å²) in [5.41, 5.74) is 0.648. The van der Waals surface area contributed by atoms with Gasteiger partial charge in [-0.1, -0.05) is 29.4 Å². The number of aryl methyl sites for hydroxylation is 2. The van der Waals surface area contributed by atoms with Crippen molar-refractivity contribution in [2.45, 2.75) is 24.8 Å². The number of ether oxygens (including phenoxy) is 1. The fraction of sp³-hybridized carbons (Fsp3) is 0.158. The zero-order valence-corrected chi connectivity index (χ0v) is 16.4. The number of hydrogen-bond donors (Lipinski definition) is 0. The number of aromatic nitrogens is 2. The highest BCUT2D eigenvalue weighted by Gasteiger charge is 2.19. The average Bonchev–Trinajstić information content (AvgIpc) is 2.61. The molecule has 144 valence electrons. The Balaban J connectivity index is 1.72. The van der Waals surface area contributed by atoms with Crippen molar-refractivity contribution in [2.24, 2.45) is 0 Å². The van der Waals surface area contributed by atoms with Crippen LogP contribution in [0.2, 0.25) is 5.02 Å². The SMILES string of the molecule is Cc1cc(C)nc(SCc2cc(=O)c(OC(=O)c3c(F)cccc3Cl)co2)n1. The Hall–Kier alpha value is -2.71. The van der Waals surface area contributed by atoms with Crippen LogP contribution in [-0.4, -0.2) is 15.9 Å². The van der Waals surface area contributed by atoms with E-state index in [2.05, 4.69) is 9.97 Å². The van der Waals surface area contributed by atoms with Crippen LogP contribution in [0.1, 0.15) is 27.5 Å². The number of halogens is 2. The maximum atomic E-state index is 13.8. The largest absolute Gasteiger partial charge is 0.464 e. The predicted molar refractivity (Wildman–Crippen MR) is 102 cm³/mol. The zero-order chi connectivity index (χ0) is 20.3. The molecule has 1 aromatic carbocycles. The summed E-state index contributed by atoms with van der Waals surface area (Å²) in [7, 11) is 0. The first-order valence-corrected chi connectivity index (χ1v) is 9.43. The highest BCUT2D eigenvalue weighted by Crippen LogP contribution is 2.22. The third kappa shape index (κ3) is 4.76. The number of nitrogens with zero attached hydrogens (tertiary/aromatic N) is 2. The van der Waals surface area contributed by atoms with Gasteiger partial charge in [-0.2, -0.15) is 0 Å². The molecule has 0 spiro atoms. The quantitative estimate of drug-likeness (QED) is 0.344. The second-order valence-corrected chi connectivity index (χ2v) is 7.13. The Morgan fingerprint density at radius 2 is 1.96 bits per heavy atom. The molecule has 0 aliphatic carbocycles. The minimum atomic E-state index is -1.08. The number of benzene rings is 1. The number of thioether (sulfide) groups is 1. The van der Waals surface area contributed by atoms with Crippen LogP contribution >= 0.6 is 23.4 Å². The topological polar surface area (TPSA) is 82.3 Å². The molecule has 2 aromatic heterocycles. The third-order valence-electron chi connectivity index (χ3n) is 3.53. The Morgan fingerprint density at radius 1 is 1.25 bits per heavy atom. The molecule has 2 heterocycles. The number of esters is 1. The molecule has 0 saturated heterocycles. The molecule has 0 aliphatic heterocycles. The lowest BCUT2D eigenvalue weighted by Gasteiger charge is -2.07. The summed E-state index contributed by atoms with van der Waals surface area (Å²) in [4.78, 5) is 32.9. The van der Waals surface area contributed by atoms with Gasteiger partial charge in [0.1, 0.15) is 23.4 Å².